The largest absolute Gasteiger partial charge is 0.389 e. The van der Waals surface area contributed by atoms with Gasteiger partial charge in [0.1, 0.15) is 0 Å². The average molecular weight is 212 g/mol. The topological polar surface area (TPSA) is 61.4 Å². The van der Waals surface area contributed by atoms with Crippen molar-refractivity contribution in [3.63, 3.8) is 0 Å². The minimum absolute atomic E-state index is 0.0559. The molecule has 0 aromatic heterocycles. The molecule has 0 saturated heterocycles. The molecular formula is C11H20N2O2. The molecule has 0 spiro atoms. The second-order valence-corrected chi connectivity index (χ2v) is 4.96. The summed E-state index contributed by atoms with van der Waals surface area (Å²) in [5, 5.41) is 15.9. The predicted molar refractivity (Wildman–Crippen MR) is 57.4 cm³/mol. The lowest BCUT2D eigenvalue weighted by atomic mass is 9.80. The van der Waals surface area contributed by atoms with E-state index in [-0.39, 0.29) is 11.9 Å². The highest BCUT2D eigenvalue weighted by molar-refractivity contribution is 5.81. The first-order valence-corrected chi connectivity index (χ1v) is 5.85. The maximum Gasteiger partial charge on any atom is 0.237 e. The summed E-state index contributed by atoms with van der Waals surface area (Å²) in [6.45, 7) is 2.38. The van der Waals surface area contributed by atoms with Crippen LogP contribution in [0.25, 0.3) is 0 Å². The maximum absolute atomic E-state index is 11.6. The van der Waals surface area contributed by atoms with Crippen LogP contribution < -0.4 is 10.6 Å². The lowest BCUT2D eigenvalue weighted by Crippen LogP contribution is -2.52. The smallest absolute Gasteiger partial charge is 0.237 e. The molecule has 0 bridgehead atoms. The van der Waals surface area contributed by atoms with E-state index in [0.717, 1.165) is 32.1 Å². The molecule has 1 amide bonds. The zero-order valence-electron chi connectivity index (χ0n) is 9.25. The van der Waals surface area contributed by atoms with Crippen LogP contribution in [0.4, 0.5) is 0 Å². The predicted octanol–water partition coefficient (Wildman–Crippen LogP) is 0.158. The number of hydrogen-bond donors (Lipinski definition) is 3. The summed E-state index contributed by atoms with van der Waals surface area (Å²) in [7, 11) is 0. The van der Waals surface area contributed by atoms with Gasteiger partial charge in [-0.05, 0) is 39.0 Å². The van der Waals surface area contributed by atoms with E-state index < -0.39 is 5.60 Å². The molecule has 86 valence electrons. The number of hydrogen-bond acceptors (Lipinski definition) is 3. The number of rotatable bonds is 5. The van der Waals surface area contributed by atoms with Crippen LogP contribution in [-0.2, 0) is 4.79 Å². The van der Waals surface area contributed by atoms with Crippen molar-refractivity contribution in [1.82, 2.24) is 10.6 Å². The highest BCUT2D eigenvalue weighted by Crippen LogP contribution is 2.30. The third kappa shape index (κ3) is 2.92. The number of nitrogens with one attached hydrogen (secondary N) is 2. The summed E-state index contributed by atoms with van der Waals surface area (Å²) in [5.74, 6) is 0.0559. The minimum atomic E-state index is -0.547. The van der Waals surface area contributed by atoms with E-state index in [0.29, 0.717) is 12.6 Å². The number of aliphatic hydroxyl groups is 1. The minimum Gasteiger partial charge on any atom is -0.389 e. The Labute approximate surface area is 90.4 Å². The maximum atomic E-state index is 11.6. The van der Waals surface area contributed by atoms with Gasteiger partial charge < -0.3 is 15.7 Å². The van der Waals surface area contributed by atoms with Crippen LogP contribution in [0.2, 0.25) is 0 Å². The van der Waals surface area contributed by atoms with Crippen LogP contribution in [0.15, 0.2) is 0 Å². The normalized spacial score (nSPS) is 25.5. The summed E-state index contributed by atoms with van der Waals surface area (Å²) in [6.07, 6.45) is 5.04. The monoisotopic (exact) mass is 212 g/mol. The van der Waals surface area contributed by atoms with Crippen LogP contribution in [-0.4, -0.2) is 35.2 Å². The molecule has 2 fully saturated rings. The van der Waals surface area contributed by atoms with Gasteiger partial charge in [-0.15, -0.1) is 0 Å². The Kier molecular flexibility index (Phi) is 2.98. The van der Waals surface area contributed by atoms with Gasteiger partial charge in [-0.25, -0.2) is 0 Å². The van der Waals surface area contributed by atoms with Crippen LogP contribution in [0, 0.1) is 0 Å². The molecule has 1 unspecified atom stereocenters. The van der Waals surface area contributed by atoms with E-state index in [1.54, 1.807) is 0 Å². The van der Waals surface area contributed by atoms with Gasteiger partial charge in [0.15, 0.2) is 0 Å². The molecule has 15 heavy (non-hydrogen) atoms. The Balaban J connectivity index is 1.66. The van der Waals surface area contributed by atoms with Crippen LogP contribution in [0.3, 0.4) is 0 Å². The molecule has 0 radical (unpaired) electrons. The Bertz CT molecular complexity index is 247. The SMILES string of the molecule is CC(NCC1(O)CCC1)C(=O)NC1CC1. The first-order valence-electron chi connectivity index (χ1n) is 5.85. The van der Waals surface area contributed by atoms with E-state index >= 15 is 0 Å². The van der Waals surface area contributed by atoms with Gasteiger partial charge in [-0.2, -0.15) is 0 Å². The van der Waals surface area contributed by atoms with Crippen molar-refractivity contribution in [2.24, 2.45) is 0 Å². The van der Waals surface area contributed by atoms with E-state index in [9.17, 15) is 9.90 Å². The third-order valence-corrected chi connectivity index (χ3v) is 3.34. The van der Waals surface area contributed by atoms with Gasteiger partial charge >= 0.3 is 0 Å². The van der Waals surface area contributed by atoms with Crippen molar-refractivity contribution in [3.05, 3.63) is 0 Å². The lowest BCUT2D eigenvalue weighted by molar-refractivity contribution is -0.123. The molecule has 2 rings (SSSR count). The van der Waals surface area contributed by atoms with E-state index in [1.165, 1.54) is 0 Å². The van der Waals surface area contributed by atoms with Gasteiger partial charge in [-0.1, -0.05) is 0 Å². The summed E-state index contributed by atoms with van der Waals surface area (Å²) in [4.78, 5) is 11.6. The Morgan fingerprint density at radius 2 is 2.20 bits per heavy atom. The molecule has 2 aliphatic carbocycles. The van der Waals surface area contributed by atoms with Crippen molar-refractivity contribution < 1.29 is 9.90 Å². The van der Waals surface area contributed by atoms with Crippen molar-refractivity contribution in [1.29, 1.82) is 0 Å². The lowest BCUT2D eigenvalue weighted by Gasteiger charge is -2.37. The van der Waals surface area contributed by atoms with Crippen LogP contribution >= 0.6 is 0 Å². The average Bonchev–Trinajstić information content (AvgIpc) is 2.94. The van der Waals surface area contributed by atoms with Crippen molar-refractivity contribution in [3.8, 4) is 0 Å². The quantitative estimate of drug-likeness (QED) is 0.608. The Hall–Kier alpha value is -0.610. The number of amides is 1. The van der Waals surface area contributed by atoms with Crippen LogP contribution in [0.1, 0.15) is 39.0 Å². The van der Waals surface area contributed by atoms with E-state index in [4.69, 9.17) is 0 Å². The fourth-order valence-corrected chi connectivity index (χ4v) is 1.75. The zero-order chi connectivity index (χ0) is 10.9. The fraction of sp³-hybridized carbons (Fsp3) is 0.909. The third-order valence-electron chi connectivity index (χ3n) is 3.34. The first-order chi connectivity index (χ1) is 7.09. The zero-order valence-corrected chi connectivity index (χ0v) is 9.25. The summed E-state index contributed by atoms with van der Waals surface area (Å²) >= 11 is 0. The fourth-order valence-electron chi connectivity index (χ4n) is 1.75. The molecule has 1 atom stereocenters. The molecule has 3 N–H and O–H groups in total. The second-order valence-electron chi connectivity index (χ2n) is 4.96. The van der Waals surface area contributed by atoms with E-state index in [2.05, 4.69) is 10.6 Å². The Morgan fingerprint density at radius 1 is 1.53 bits per heavy atom. The molecule has 2 aliphatic rings. The van der Waals surface area contributed by atoms with Gasteiger partial charge in [0.2, 0.25) is 5.91 Å². The molecule has 0 heterocycles. The van der Waals surface area contributed by atoms with Gasteiger partial charge in [0.05, 0.1) is 11.6 Å². The number of carbonyl (C=O) groups excluding carboxylic acids is 1. The van der Waals surface area contributed by atoms with Crippen LogP contribution in [0.5, 0.6) is 0 Å². The van der Waals surface area contributed by atoms with E-state index in [1.807, 2.05) is 6.92 Å². The summed E-state index contributed by atoms with van der Waals surface area (Å²) < 4.78 is 0. The first kappa shape index (κ1) is 10.9. The highest BCUT2D eigenvalue weighted by atomic mass is 16.3. The highest BCUT2D eigenvalue weighted by Gasteiger charge is 2.35. The summed E-state index contributed by atoms with van der Waals surface area (Å²) in [6, 6.07) is 0.212. The molecule has 2 saturated carbocycles. The summed E-state index contributed by atoms with van der Waals surface area (Å²) in [5.41, 5.74) is -0.547. The molecule has 4 nitrogen and oxygen atoms in total. The van der Waals surface area contributed by atoms with Gasteiger partial charge in [0, 0.05) is 12.6 Å². The number of carbonyl (C=O) groups is 1. The molecule has 0 aromatic rings. The molecular weight excluding hydrogens is 192 g/mol. The molecule has 4 heteroatoms. The molecule has 0 aliphatic heterocycles. The standard InChI is InChI=1S/C11H20N2O2/c1-8(10(14)13-9-3-4-9)12-7-11(15)5-2-6-11/h8-9,12,15H,2-7H2,1H3,(H,13,14). The van der Waals surface area contributed by atoms with Gasteiger partial charge in [-0.3, -0.25) is 4.79 Å². The van der Waals surface area contributed by atoms with Crippen molar-refractivity contribution in [2.45, 2.75) is 56.7 Å². The van der Waals surface area contributed by atoms with Crippen molar-refractivity contribution >= 4 is 5.91 Å². The molecule has 0 aromatic carbocycles. The second kappa shape index (κ2) is 4.10. The van der Waals surface area contributed by atoms with Gasteiger partial charge in [0.25, 0.3) is 0 Å². The Morgan fingerprint density at radius 3 is 2.67 bits per heavy atom. The van der Waals surface area contributed by atoms with Crippen molar-refractivity contribution in [2.75, 3.05) is 6.54 Å².